The summed E-state index contributed by atoms with van der Waals surface area (Å²) in [6.07, 6.45) is 0.171. The van der Waals surface area contributed by atoms with Crippen LogP contribution in [0, 0.1) is 6.92 Å². The van der Waals surface area contributed by atoms with Crippen molar-refractivity contribution < 1.29 is 4.74 Å². The molecule has 1 unspecified atom stereocenters. The summed E-state index contributed by atoms with van der Waals surface area (Å²) in [5.41, 5.74) is 7.44. The lowest BCUT2D eigenvalue weighted by Gasteiger charge is -2.13. The number of hydrogen-bond acceptors (Lipinski definition) is 4. The SMILES string of the molecule is CCOC(C)CNc1c(N)c(C)nn1C. The summed E-state index contributed by atoms with van der Waals surface area (Å²) >= 11 is 0. The molecule has 0 fully saturated rings. The van der Waals surface area contributed by atoms with Gasteiger partial charge in [-0.1, -0.05) is 0 Å². The van der Waals surface area contributed by atoms with Gasteiger partial charge in [-0.2, -0.15) is 5.10 Å². The third-order valence-corrected chi connectivity index (χ3v) is 2.28. The molecule has 1 rings (SSSR count). The molecule has 86 valence electrons. The van der Waals surface area contributed by atoms with E-state index in [2.05, 4.69) is 10.4 Å². The predicted molar refractivity (Wildman–Crippen MR) is 61.9 cm³/mol. The van der Waals surface area contributed by atoms with Crippen LogP contribution in [0.2, 0.25) is 0 Å². The third-order valence-electron chi connectivity index (χ3n) is 2.28. The number of nitrogens with zero attached hydrogens (tertiary/aromatic N) is 2. The molecule has 0 spiro atoms. The van der Waals surface area contributed by atoms with E-state index in [-0.39, 0.29) is 6.10 Å². The minimum Gasteiger partial charge on any atom is -0.394 e. The highest BCUT2D eigenvalue weighted by molar-refractivity contribution is 5.64. The van der Waals surface area contributed by atoms with E-state index in [1.54, 1.807) is 4.68 Å². The molecule has 3 N–H and O–H groups in total. The molecular formula is C10H20N4O. The van der Waals surface area contributed by atoms with E-state index < -0.39 is 0 Å². The van der Waals surface area contributed by atoms with Crippen LogP contribution >= 0.6 is 0 Å². The summed E-state index contributed by atoms with van der Waals surface area (Å²) in [6, 6.07) is 0. The molecule has 0 radical (unpaired) electrons. The number of ether oxygens (including phenoxy) is 1. The van der Waals surface area contributed by atoms with Crippen molar-refractivity contribution in [3.63, 3.8) is 0 Å². The normalized spacial score (nSPS) is 12.8. The molecule has 0 aliphatic rings. The highest BCUT2D eigenvalue weighted by Gasteiger charge is 2.10. The summed E-state index contributed by atoms with van der Waals surface area (Å²) in [5, 5.41) is 7.46. The third kappa shape index (κ3) is 2.86. The van der Waals surface area contributed by atoms with Crippen LogP contribution in [0.1, 0.15) is 19.5 Å². The molecule has 0 saturated heterocycles. The fraction of sp³-hybridized carbons (Fsp3) is 0.700. The summed E-state index contributed by atoms with van der Waals surface area (Å²) in [6.45, 7) is 7.36. The van der Waals surface area contributed by atoms with E-state index >= 15 is 0 Å². The molecule has 1 aromatic heterocycles. The van der Waals surface area contributed by atoms with Crippen molar-refractivity contribution in [2.75, 3.05) is 24.2 Å². The second-order valence-electron chi connectivity index (χ2n) is 3.62. The zero-order chi connectivity index (χ0) is 11.4. The quantitative estimate of drug-likeness (QED) is 0.768. The molecule has 0 amide bonds. The molecule has 15 heavy (non-hydrogen) atoms. The molecule has 0 aromatic carbocycles. The Kier molecular flexibility index (Phi) is 3.96. The molecule has 0 bridgehead atoms. The van der Waals surface area contributed by atoms with E-state index in [1.807, 2.05) is 27.8 Å². The highest BCUT2D eigenvalue weighted by Crippen LogP contribution is 2.20. The van der Waals surface area contributed by atoms with E-state index in [9.17, 15) is 0 Å². The zero-order valence-electron chi connectivity index (χ0n) is 9.87. The Morgan fingerprint density at radius 3 is 2.73 bits per heavy atom. The number of nitrogen functional groups attached to an aromatic ring is 1. The molecule has 0 saturated carbocycles. The number of nitrogens with two attached hydrogens (primary N) is 1. The van der Waals surface area contributed by atoms with E-state index in [0.29, 0.717) is 5.69 Å². The molecule has 0 aliphatic heterocycles. The molecule has 1 aromatic rings. The number of aromatic nitrogens is 2. The summed E-state index contributed by atoms with van der Waals surface area (Å²) in [5.74, 6) is 0.860. The van der Waals surface area contributed by atoms with Gasteiger partial charge in [-0.25, -0.2) is 0 Å². The zero-order valence-corrected chi connectivity index (χ0v) is 9.87. The Bertz CT molecular complexity index is 321. The number of hydrogen-bond donors (Lipinski definition) is 2. The van der Waals surface area contributed by atoms with Crippen LogP contribution in [0.4, 0.5) is 11.5 Å². The van der Waals surface area contributed by atoms with E-state index in [1.165, 1.54) is 0 Å². The second-order valence-corrected chi connectivity index (χ2v) is 3.62. The number of anilines is 2. The lowest BCUT2D eigenvalue weighted by molar-refractivity contribution is 0.0854. The van der Waals surface area contributed by atoms with Crippen LogP contribution in [0.25, 0.3) is 0 Å². The van der Waals surface area contributed by atoms with Gasteiger partial charge < -0.3 is 15.8 Å². The van der Waals surface area contributed by atoms with Crippen LogP contribution in [-0.4, -0.2) is 29.0 Å². The van der Waals surface area contributed by atoms with Gasteiger partial charge >= 0.3 is 0 Å². The van der Waals surface area contributed by atoms with Gasteiger partial charge in [0.1, 0.15) is 5.82 Å². The molecule has 5 nitrogen and oxygen atoms in total. The number of nitrogens with one attached hydrogen (secondary N) is 1. The Balaban J connectivity index is 2.57. The van der Waals surface area contributed by atoms with Gasteiger partial charge in [0.2, 0.25) is 0 Å². The Labute approximate surface area is 90.6 Å². The first kappa shape index (κ1) is 11.8. The minimum atomic E-state index is 0.171. The average molecular weight is 212 g/mol. The van der Waals surface area contributed by atoms with Crippen LogP contribution < -0.4 is 11.1 Å². The van der Waals surface area contributed by atoms with Gasteiger partial charge in [0.05, 0.1) is 17.5 Å². The highest BCUT2D eigenvalue weighted by atomic mass is 16.5. The first-order valence-electron chi connectivity index (χ1n) is 5.20. The fourth-order valence-electron chi connectivity index (χ4n) is 1.47. The molecule has 1 heterocycles. The first-order valence-corrected chi connectivity index (χ1v) is 5.20. The standard InChI is InChI=1S/C10H20N4O/c1-5-15-7(2)6-12-10-9(11)8(3)13-14(10)4/h7,12H,5-6,11H2,1-4H3. The maximum Gasteiger partial charge on any atom is 0.147 e. The lowest BCUT2D eigenvalue weighted by Crippen LogP contribution is -2.21. The topological polar surface area (TPSA) is 65.1 Å². The molecule has 1 atom stereocenters. The summed E-state index contributed by atoms with van der Waals surface area (Å²) < 4.78 is 7.17. The van der Waals surface area contributed by atoms with Gasteiger partial charge in [0.15, 0.2) is 0 Å². The lowest BCUT2D eigenvalue weighted by atomic mass is 10.3. The van der Waals surface area contributed by atoms with Crippen LogP contribution in [0.15, 0.2) is 0 Å². The van der Waals surface area contributed by atoms with Gasteiger partial charge in [0.25, 0.3) is 0 Å². The van der Waals surface area contributed by atoms with Crippen LogP contribution in [0.5, 0.6) is 0 Å². The monoisotopic (exact) mass is 212 g/mol. The maximum atomic E-state index is 5.88. The van der Waals surface area contributed by atoms with Gasteiger partial charge in [0, 0.05) is 20.2 Å². The average Bonchev–Trinajstić information content (AvgIpc) is 2.40. The Hall–Kier alpha value is -1.23. The van der Waals surface area contributed by atoms with Crippen molar-refractivity contribution in [3.05, 3.63) is 5.69 Å². The molecule has 5 heteroatoms. The molecule has 0 aliphatic carbocycles. The van der Waals surface area contributed by atoms with E-state index in [4.69, 9.17) is 10.5 Å². The number of aryl methyl sites for hydroxylation is 2. The van der Waals surface area contributed by atoms with Gasteiger partial charge in [-0.05, 0) is 20.8 Å². The minimum absolute atomic E-state index is 0.171. The van der Waals surface area contributed by atoms with Crippen molar-refractivity contribution in [1.29, 1.82) is 0 Å². The Morgan fingerprint density at radius 2 is 2.27 bits per heavy atom. The maximum absolute atomic E-state index is 5.88. The van der Waals surface area contributed by atoms with Crippen LogP contribution in [0.3, 0.4) is 0 Å². The van der Waals surface area contributed by atoms with Crippen molar-refractivity contribution >= 4 is 11.5 Å². The summed E-state index contributed by atoms with van der Waals surface area (Å²) in [7, 11) is 1.87. The second kappa shape index (κ2) is 5.02. The Morgan fingerprint density at radius 1 is 1.60 bits per heavy atom. The van der Waals surface area contributed by atoms with Crippen molar-refractivity contribution in [2.45, 2.75) is 26.9 Å². The van der Waals surface area contributed by atoms with Crippen molar-refractivity contribution in [3.8, 4) is 0 Å². The van der Waals surface area contributed by atoms with E-state index in [0.717, 1.165) is 24.7 Å². The smallest absolute Gasteiger partial charge is 0.147 e. The largest absolute Gasteiger partial charge is 0.394 e. The predicted octanol–water partition coefficient (Wildman–Crippen LogP) is 1.15. The van der Waals surface area contributed by atoms with Crippen LogP contribution in [-0.2, 0) is 11.8 Å². The number of rotatable bonds is 5. The fourth-order valence-corrected chi connectivity index (χ4v) is 1.47. The van der Waals surface area contributed by atoms with Gasteiger partial charge in [-0.15, -0.1) is 0 Å². The van der Waals surface area contributed by atoms with Crippen molar-refractivity contribution in [2.24, 2.45) is 7.05 Å². The molecular weight excluding hydrogens is 192 g/mol. The van der Waals surface area contributed by atoms with Crippen molar-refractivity contribution in [1.82, 2.24) is 9.78 Å². The van der Waals surface area contributed by atoms with Gasteiger partial charge in [-0.3, -0.25) is 4.68 Å². The summed E-state index contributed by atoms with van der Waals surface area (Å²) in [4.78, 5) is 0. The first-order chi connectivity index (χ1) is 7.06.